The molecule has 6 heteroatoms. The Balaban J connectivity index is 1.70. The van der Waals surface area contributed by atoms with Crippen molar-refractivity contribution in [2.45, 2.75) is 50.8 Å². The summed E-state index contributed by atoms with van der Waals surface area (Å²) in [5.41, 5.74) is 1.15. The van der Waals surface area contributed by atoms with Gasteiger partial charge in [0.25, 0.3) is 5.91 Å². The smallest absolute Gasteiger partial charge is 0.255 e. The van der Waals surface area contributed by atoms with Crippen molar-refractivity contribution < 1.29 is 19.7 Å². The number of nitrogens with one attached hydrogen (secondary N) is 1. The van der Waals surface area contributed by atoms with E-state index in [0.717, 1.165) is 44.3 Å². The van der Waals surface area contributed by atoms with Gasteiger partial charge in [-0.1, -0.05) is 18.9 Å². The Bertz CT molecular complexity index is 601. The van der Waals surface area contributed by atoms with E-state index in [1.54, 1.807) is 18.2 Å². The first-order valence-electron chi connectivity index (χ1n) is 9.16. The third-order valence-corrected chi connectivity index (χ3v) is 5.30. The molecule has 1 saturated carbocycles. The van der Waals surface area contributed by atoms with Crippen LogP contribution in [0.2, 0.25) is 0 Å². The first-order chi connectivity index (χ1) is 12.1. The van der Waals surface area contributed by atoms with Gasteiger partial charge >= 0.3 is 0 Å². The van der Waals surface area contributed by atoms with Crippen molar-refractivity contribution in [2.75, 3.05) is 26.3 Å². The second-order valence-electron chi connectivity index (χ2n) is 7.09. The summed E-state index contributed by atoms with van der Waals surface area (Å²) >= 11 is 0. The molecule has 0 bridgehead atoms. The lowest BCUT2D eigenvalue weighted by molar-refractivity contribution is -0.0308. The van der Waals surface area contributed by atoms with Gasteiger partial charge in [0.2, 0.25) is 0 Å². The second-order valence-corrected chi connectivity index (χ2v) is 7.09. The van der Waals surface area contributed by atoms with Crippen LogP contribution in [0, 0.1) is 6.92 Å². The Labute approximate surface area is 148 Å². The number of amides is 1. The van der Waals surface area contributed by atoms with Gasteiger partial charge in [0.1, 0.15) is 5.75 Å². The maximum Gasteiger partial charge on any atom is 0.255 e. The number of phenols is 1. The fraction of sp³-hybridized carbons (Fsp3) is 0.632. The van der Waals surface area contributed by atoms with Crippen molar-refractivity contribution >= 4 is 5.91 Å². The van der Waals surface area contributed by atoms with Crippen LogP contribution in [0.4, 0.5) is 0 Å². The van der Waals surface area contributed by atoms with Crippen molar-refractivity contribution in [1.29, 1.82) is 0 Å². The van der Waals surface area contributed by atoms with Gasteiger partial charge in [0.05, 0.1) is 30.9 Å². The van der Waals surface area contributed by atoms with Crippen LogP contribution in [0.25, 0.3) is 0 Å². The lowest BCUT2D eigenvalue weighted by Crippen LogP contribution is -2.55. The number of aliphatic hydroxyl groups excluding tert-OH is 1. The highest BCUT2D eigenvalue weighted by molar-refractivity contribution is 5.97. The molecule has 0 unspecified atom stereocenters. The number of aliphatic hydroxyl groups is 1. The number of morpholine rings is 1. The predicted molar refractivity (Wildman–Crippen MR) is 94.8 cm³/mol. The fourth-order valence-electron chi connectivity index (χ4n) is 3.87. The molecule has 1 saturated heterocycles. The number of phenolic OH excluding ortho intramolecular Hbond substituents is 1. The van der Waals surface area contributed by atoms with Crippen LogP contribution in [0.3, 0.4) is 0 Å². The average molecular weight is 348 g/mol. The van der Waals surface area contributed by atoms with Crippen molar-refractivity contribution in [3.8, 4) is 5.75 Å². The molecule has 0 spiro atoms. The average Bonchev–Trinajstić information content (AvgIpc) is 2.78. The van der Waals surface area contributed by atoms with Gasteiger partial charge in [-0.05, 0) is 37.5 Å². The lowest BCUT2D eigenvalue weighted by atomic mass is 9.99. The van der Waals surface area contributed by atoms with E-state index in [2.05, 4.69) is 10.2 Å². The molecule has 2 fully saturated rings. The van der Waals surface area contributed by atoms with E-state index in [9.17, 15) is 15.0 Å². The zero-order chi connectivity index (χ0) is 17.8. The van der Waals surface area contributed by atoms with Crippen molar-refractivity contribution in [3.63, 3.8) is 0 Å². The minimum atomic E-state index is -0.614. The monoisotopic (exact) mass is 348 g/mol. The molecule has 6 nitrogen and oxygen atoms in total. The number of aryl methyl sites for hydroxylation is 1. The van der Waals surface area contributed by atoms with Crippen LogP contribution < -0.4 is 5.32 Å². The number of nitrogens with zero attached hydrogens (tertiary/aromatic N) is 1. The Morgan fingerprint density at radius 1 is 1.24 bits per heavy atom. The Morgan fingerprint density at radius 3 is 2.68 bits per heavy atom. The maximum absolute atomic E-state index is 12.6. The summed E-state index contributed by atoms with van der Waals surface area (Å²) in [5, 5.41) is 23.9. The summed E-state index contributed by atoms with van der Waals surface area (Å²) in [4.78, 5) is 14.8. The normalized spacial score (nSPS) is 28.3. The molecule has 25 heavy (non-hydrogen) atoms. The van der Waals surface area contributed by atoms with E-state index in [0.29, 0.717) is 13.2 Å². The maximum atomic E-state index is 12.6. The molecule has 1 heterocycles. The van der Waals surface area contributed by atoms with Crippen LogP contribution >= 0.6 is 0 Å². The molecule has 0 radical (unpaired) electrons. The van der Waals surface area contributed by atoms with Crippen molar-refractivity contribution in [3.05, 3.63) is 29.3 Å². The van der Waals surface area contributed by atoms with Gasteiger partial charge in [-0.15, -0.1) is 0 Å². The summed E-state index contributed by atoms with van der Waals surface area (Å²) in [7, 11) is 0. The fourth-order valence-corrected chi connectivity index (χ4v) is 3.87. The first kappa shape index (κ1) is 18.2. The summed E-state index contributed by atoms with van der Waals surface area (Å²) in [6, 6.07) is 4.75. The van der Waals surface area contributed by atoms with Gasteiger partial charge < -0.3 is 20.3 Å². The number of ether oxygens (including phenoxy) is 1. The second kappa shape index (κ2) is 8.17. The number of benzene rings is 1. The minimum absolute atomic E-state index is 0.0228. The number of hydrogen-bond acceptors (Lipinski definition) is 5. The lowest BCUT2D eigenvalue weighted by Gasteiger charge is -2.38. The van der Waals surface area contributed by atoms with Crippen LogP contribution in [0.15, 0.2) is 18.2 Å². The SMILES string of the molecule is Cc1ccc(C(=O)N[C@@H]2CCCC[C@@H](N3CCOCC3)[C@@H]2O)c(O)c1. The zero-order valence-corrected chi connectivity index (χ0v) is 14.8. The first-order valence-corrected chi connectivity index (χ1v) is 9.16. The molecule has 1 aliphatic carbocycles. The number of carbonyl (C=O) groups is 1. The number of hydrogen-bond donors (Lipinski definition) is 3. The number of rotatable bonds is 3. The highest BCUT2D eigenvalue weighted by Crippen LogP contribution is 2.25. The third-order valence-electron chi connectivity index (χ3n) is 5.30. The molecule has 1 aromatic carbocycles. The molecule has 138 valence electrons. The van der Waals surface area contributed by atoms with E-state index in [-0.39, 0.29) is 29.3 Å². The Kier molecular flexibility index (Phi) is 5.93. The number of aromatic hydroxyl groups is 1. The van der Waals surface area contributed by atoms with Gasteiger partial charge in [-0.25, -0.2) is 0 Å². The van der Waals surface area contributed by atoms with Crippen molar-refractivity contribution in [1.82, 2.24) is 10.2 Å². The molecule has 3 rings (SSSR count). The quantitative estimate of drug-likeness (QED) is 0.720. The molecular formula is C19H28N2O4. The predicted octanol–water partition coefficient (Wildman–Crippen LogP) is 1.43. The van der Waals surface area contributed by atoms with Crippen LogP contribution in [0.1, 0.15) is 41.6 Å². The molecule has 1 amide bonds. The van der Waals surface area contributed by atoms with E-state index >= 15 is 0 Å². The molecule has 3 N–H and O–H groups in total. The summed E-state index contributed by atoms with van der Waals surface area (Å²) < 4.78 is 5.41. The molecule has 2 aliphatic rings. The third kappa shape index (κ3) is 4.32. The topological polar surface area (TPSA) is 82.0 Å². The van der Waals surface area contributed by atoms with Gasteiger partial charge in [-0.3, -0.25) is 9.69 Å². The van der Waals surface area contributed by atoms with Crippen LogP contribution in [-0.4, -0.2) is 65.5 Å². The van der Waals surface area contributed by atoms with Crippen molar-refractivity contribution in [2.24, 2.45) is 0 Å². The molecule has 1 aromatic rings. The summed E-state index contributed by atoms with van der Waals surface area (Å²) in [6.45, 7) is 4.89. The van der Waals surface area contributed by atoms with E-state index in [1.165, 1.54) is 0 Å². The summed E-state index contributed by atoms with van der Waals surface area (Å²) in [5.74, 6) is -0.352. The van der Waals surface area contributed by atoms with Gasteiger partial charge in [0.15, 0.2) is 0 Å². The highest BCUT2D eigenvalue weighted by Gasteiger charge is 2.35. The Hall–Kier alpha value is -1.63. The van der Waals surface area contributed by atoms with E-state index in [4.69, 9.17) is 4.74 Å². The van der Waals surface area contributed by atoms with Crippen LogP contribution in [-0.2, 0) is 4.74 Å². The highest BCUT2D eigenvalue weighted by atomic mass is 16.5. The zero-order valence-electron chi connectivity index (χ0n) is 14.8. The molecule has 1 aliphatic heterocycles. The van der Waals surface area contributed by atoms with E-state index < -0.39 is 6.10 Å². The van der Waals surface area contributed by atoms with Gasteiger partial charge in [-0.2, -0.15) is 0 Å². The Morgan fingerprint density at radius 2 is 1.96 bits per heavy atom. The standard InChI is InChI=1S/C19H28N2O4/c1-13-6-7-14(17(22)12-13)19(24)20-15-4-2-3-5-16(18(15)23)21-8-10-25-11-9-21/h6-7,12,15-16,18,22-23H,2-5,8-11H2,1H3,(H,20,24)/t15-,16-,18-/m1/s1. The largest absolute Gasteiger partial charge is 0.507 e. The molecular weight excluding hydrogens is 320 g/mol. The minimum Gasteiger partial charge on any atom is -0.507 e. The number of carbonyl (C=O) groups excluding carboxylic acids is 1. The van der Waals surface area contributed by atoms with Crippen LogP contribution in [0.5, 0.6) is 5.75 Å². The van der Waals surface area contributed by atoms with E-state index in [1.807, 2.05) is 6.92 Å². The van der Waals surface area contributed by atoms with Gasteiger partial charge in [0, 0.05) is 19.1 Å². The molecule has 3 atom stereocenters. The summed E-state index contributed by atoms with van der Waals surface area (Å²) in [6.07, 6.45) is 3.09. The molecule has 0 aromatic heterocycles.